The van der Waals surface area contributed by atoms with Crippen molar-refractivity contribution in [2.45, 2.75) is 75.8 Å². The summed E-state index contributed by atoms with van der Waals surface area (Å²) in [5.41, 5.74) is 0.766. The lowest BCUT2D eigenvalue weighted by Crippen LogP contribution is -2.52. The van der Waals surface area contributed by atoms with Crippen molar-refractivity contribution in [3.05, 3.63) is 35.9 Å². The van der Waals surface area contributed by atoms with Gasteiger partial charge in [0.25, 0.3) is 0 Å². The van der Waals surface area contributed by atoms with Crippen LogP contribution in [-0.4, -0.2) is 65.3 Å². The minimum atomic E-state index is -0.658. The first-order chi connectivity index (χ1) is 14.1. The second-order valence-electron chi connectivity index (χ2n) is 8.53. The maximum Gasteiger partial charge on any atom is 0.316 e. The zero-order valence-electron chi connectivity index (χ0n) is 17.6. The van der Waals surface area contributed by atoms with Crippen LogP contribution >= 0.6 is 17.0 Å². The highest BCUT2D eigenvalue weighted by atomic mass is 79.9. The van der Waals surface area contributed by atoms with E-state index >= 15 is 0 Å². The van der Waals surface area contributed by atoms with Gasteiger partial charge in [-0.2, -0.15) is 0 Å². The number of hydrogen-bond acceptors (Lipinski definition) is 6. The van der Waals surface area contributed by atoms with Crippen molar-refractivity contribution >= 4 is 28.7 Å². The Bertz CT molecular complexity index is 722. The number of aliphatic hydroxyl groups excluding tert-OH is 1. The van der Waals surface area contributed by atoms with Crippen LogP contribution in [0.2, 0.25) is 0 Å². The molecule has 0 amide bonds. The molecule has 7 heteroatoms. The van der Waals surface area contributed by atoms with Crippen LogP contribution < -0.4 is 0 Å². The Hall–Kier alpha value is -1.28. The Labute approximate surface area is 188 Å². The molecule has 0 spiro atoms. The van der Waals surface area contributed by atoms with E-state index in [1.54, 1.807) is 0 Å². The molecule has 0 aromatic heterocycles. The fourth-order valence-corrected chi connectivity index (χ4v) is 5.18. The zero-order chi connectivity index (χ0) is 20.5. The van der Waals surface area contributed by atoms with Gasteiger partial charge in [0.2, 0.25) is 0 Å². The molecular weight excluding hydrogens is 450 g/mol. The van der Waals surface area contributed by atoms with E-state index in [1.807, 2.05) is 30.3 Å². The molecule has 2 bridgehead atoms. The number of nitrogens with zero attached hydrogens (tertiary/aromatic N) is 1. The molecule has 1 N–H and O–H groups in total. The first kappa shape index (κ1) is 23.4. The number of hydrogen-bond donors (Lipinski definition) is 1. The Morgan fingerprint density at radius 2 is 1.73 bits per heavy atom. The number of benzene rings is 1. The highest BCUT2D eigenvalue weighted by molar-refractivity contribution is 8.93. The number of piperidine rings is 1. The average molecular weight is 482 g/mol. The number of ether oxygens (including phenoxy) is 2. The molecule has 30 heavy (non-hydrogen) atoms. The molecule has 3 saturated heterocycles. The summed E-state index contributed by atoms with van der Waals surface area (Å²) in [6, 6.07) is 9.53. The quantitative estimate of drug-likeness (QED) is 0.431. The minimum absolute atomic E-state index is 0. The van der Waals surface area contributed by atoms with Crippen LogP contribution in [0.15, 0.2) is 30.3 Å². The lowest BCUT2D eigenvalue weighted by molar-refractivity contribution is -0.157. The van der Waals surface area contributed by atoms with Crippen LogP contribution in [0.4, 0.5) is 0 Å². The number of carbonyl (C=O) groups is 2. The summed E-state index contributed by atoms with van der Waals surface area (Å²) in [6.45, 7) is 4.34. The summed E-state index contributed by atoms with van der Waals surface area (Å²) in [4.78, 5) is 27.7. The fraction of sp³-hybridized carbons (Fsp3) is 0.652. The molecular formula is C23H32BrNO5. The van der Waals surface area contributed by atoms with Crippen molar-refractivity contribution in [1.82, 2.24) is 4.90 Å². The molecule has 3 fully saturated rings. The van der Waals surface area contributed by atoms with E-state index in [-0.39, 0.29) is 65.9 Å². The Kier molecular flexibility index (Phi) is 7.71. The van der Waals surface area contributed by atoms with Crippen molar-refractivity contribution in [2.75, 3.05) is 13.2 Å². The van der Waals surface area contributed by atoms with E-state index in [1.165, 1.54) is 0 Å². The third-order valence-electron chi connectivity index (χ3n) is 6.91. The van der Waals surface area contributed by atoms with Crippen molar-refractivity contribution in [1.29, 1.82) is 0 Å². The predicted octanol–water partition coefficient (Wildman–Crippen LogP) is 2.87. The SMILES string of the molecule is Br.CCC(CC)C(=O)CN1C2CC(OC(=O)C(CO)c3ccccc3)CC1C1OC12. The average Bonchev–Trinajstić information content (AvgIpc) is 3.48. The van der Waals surface area contributed by atoms with Gasteiger partial charge < -0.3 is 14.6 Å². The molecule has 5 atom stereocenters. The number of carbonyl (C=O) groups excluding carboxylic acids is 2. The summed E-state index contributed by atoms with van der Waals surface area (Å²) in [5.74, 6) is -0.599. The minimum Gasteiger partial charge on any atom is -0.462 e. The van der Waals surface area contributed by atoms with E-state index < -0.39 is 5.92 Å². The van der Waals surface area contributed by atoms with Gasteiger partial charge in [-0.15, -0.1) is 17.0 Å². The summed E-state index contributed by atoms with van der Waals surface area (Å²) in [7, 11) is 0. The van der Waals surface area contributed by atoms with E-state index in [2.05, 4.69) is 18.7 Å². The third kappa shape index (κ3) is 4.49. The van der Waals surface area contributed by atoms with Crippen molar-refractivity contribution in [3.8, 4) is 0 Å². The molecule has 4 rings (SSSR count). The van der Waals surface area contributed by atoms with Crippen molar-refractivity contribution < 1.29 is 24.2 Å². The molecule has 166 valence electrons. The molecule has 0 saturated carbocycles. The fourth-order valence-electron chi connectivity index (χ4n) is 5.18. The topological polar surface area (TPSA) is 79.4 Å². The number of halogens is 1. The summed E-state index contributed by atoms with van der Waals surface area (Å²) >= 11 is 0. The van der Waals surface area contributed by atoms with Gasteiger partial charge >= 0.3 is 5.97 Å². The second-order valence-corrected chi connectivity index (χ2v) is 8.53. The standard InChI is InChI=1S/C23H31NO5.BrH/c1-3-14(4-2)20(26)12-24-18-10-16(11-19(24)22-21(18)29-22)28-23(27)17(13-25)15-8-6-5-7-9-15;/h5-9,14,16-19,21-22,25H,3-4,10-13H2,1-2H3;1H. The van der Waals surface area contributed by atoms with Gasteiger partial charge in [-0.25, -0.2) is 0 Å². The van der Waals surface area contributed by atoms with Crippen LogP contribution in [0.5, 0.6) is 0 Å². The summed E-state index contributed by atoms with van der Waals surface area (Å²) in [5, 5.41) is 9.72. The molecule has 0 radical (unpaired) electrons. The molecule has 3 aliphatic heterocycles. The number of fused-ring (bicyclic) bond motifs is 5. The Balaban J connectivity index is 0.00000256. The van der Waals surface area contributed by atoms with Crippen LogP contribution in [-0.2, 0) is 19.1 Å². The first-order valence-corrected chi connectivity index (χ1v) is 10.9. The van der Waals surface area contributed by atoms with Crippen molar-refractivity contribution in [2.24, 2.45) is 5.92 Å². The molecule has 6 nitrogen and oxygen atoms in total. The number of esters is 1. The number of rotatable bonds is 9. The van der Waals surface area contributed by atoms with E-state index in [9.17, 15) is 14.7 Å². The predicted molar refractivity (Wildman–Crippen MR) is 118 cm³/mol. The zero-order valence-corrected chi connectivity index (χ0v) is 19.3. The number of morpholine rings is 1. The maximum absolute atomic E-state index is 12.7. The number of ketones is 1. The van der Waals surface area contributed by atoms with Crippen LogP contribution in [0.25, 0.3) is 0 Å². The third-order valence-corrected chi connectivity index (χ3v) is 6.91. The smallest absolute Gasteiger partial charge is 0.316 e. The van der Waals surface area contributed by atoms with E-state index in [4.69, 9.17) is 9.47 Å². The highest BCUT2D eigenvalue weighted by Gasteiger charge is 2.64. The van der Waals surface area contributed by atoms with Gasteiger partial charge in [0.1, 0.15) is 30.0 Å². The van der Waals surface area contributed by atoms with Crippen LogP contribution in [0.1, 0.15) is 51.0 Å². The highest BCUT2D eigenvalue weighted by Crippen LogP contribution is 2.49. The lowest BCUT2D eigenvalue weighted by atomic mass is 9.94. The van der Waals surface area contributed by atoms with Gasteiger partial charge in [-0.05, 0) is 18.4 Å². The van der Waals surface area contributed by atoms with Gasteiger partial charge in [-0.3, -0.25) is 14.5 Å². The Morgan fingerprint density at radius 3 is 2.27 bits per heavy atom. The molecule has 1 aromatic rings. The normalized spacial score (nSPS) is 30.3. The van der Waals surface area contributed by atoms with Crippen molar-refractivity contribution in [3.63, 3.8) is 0 Å². The molecule has 5 unspecified atom stereocenters. The number of Topliss-reactive ketones (excluding diaryl/α,β-unsaturated/α-hetero) is 1. The van der Waals surface area contributed by atoms with Gasteiger partial charge in [-0.1, -0.05) is 44.2 Å². The molecule has 1 aromatic carbocycles. The molecule has 3 aliphatic rings. The van der Waals surface area contributed by atoms with Gasteiger partial charge in [0.05, 0.1) is 13.2 Å². The monoisotopic (exact) mass is 481 g/mol. The summed E-state index contributed by atoms with van der Waals surface area (Å²) < 4.78 is 11.6. The van der Waals surface area contributed by atoms with Crippen LogP contribution in [0, 0.1) is 5.92 Å². The van der Waals surface area contributed by atoms with Crippen LogP contribution in [0.3, 0.4) is 0 Å². The van der Waals surface area contributed by atoms with E-state index in [0.29, 0.717) is 25.2 Å². The van der Waals surface area contributed by atoms with E-state index in [0.717, 1.165) is 18.4 Å². The first-order valence-electron chi connectivity index (χ1n) is 10.9. The summed E-state index contributed by atoms with van der Waals surface area (Å²) in [6.07, 6.45) is 3.28. The molecule has 3 heterocycles. The lowest BCUT2D eigenvalue weighted by Gasteiger charge is -2.40. The number of aliphatic hydroxyl groups is 1. The number of epoxide rings is 1. The largest absolute Gasteiger partial charge is 0.462 e. The van der Waals surface area contributed by atoms with Gasteiger partial charge in [0.15, 0.2) is 0 Å². The Morgan fingerprint density at radius 1 is 1.13 bits per heavy atom. The maximum atomic E-state index is 12.7. The van der Waals surface area contributed by atoms with Gasteiger partial charge in [0, 0.05) is 30.8 Å². The molecule has 0 aliphatic carbocycles. The second kappa shape index (κ2) is 9.90.